The molecule has 0 radical (unpaired) electrons. The van der Waals surface area contributed by atoms with Crippen LogP contribution in [0.2, 0.25) is 0 Å². The van der Waals surface area contributed by atoms with Gasteiger partial charge in [-0.1, -0.05) is 133 Å². The van der Waals surface area contributed by atoms with Crippen molar-refractivity contribution in [3.8, 4) is 22.3 Å². The minimum absolute atomic E-state index is 0.126. The zero-order valence-electron chi connectivity index (χ0n) is 26.3. The topological polar surface area (TPSA) is 6.48 Å². The highest BCUT2D eigenvalue weighted by molar-refractivity contribution is 6.13. The van der Waals surface area contributed by atoms with Crippen LogP contribution in [0.15, 0.2) is 157 Å². The van der Waals surface area contributed by atoms with Crippen molar-refractivity contribution in [3.63, 3.8) is 0 Å². The van der Waals surface area contributed by atoms with Crippen LogP contribution < -0.4 is 9.80 Å². The summed E-state index contributed by atoms with van der Waals surface area (Å²) in [6.07, 6.45) is 11.6. The van der Waals surface area contributed by atoms with E-state index in [1.807, 2.05) is 0 Å². The smallest absolute Gasteiger partial charge is 0.0857 e. The monoisotopic (exact) mass is 610 g/mol. The van der Waals surface area contributed by atoms with Crippen LogP contribution in [-0.2, 0) is 0 Å². The molecule has 4 aliphatic heterocycles. The average Bonchev–Trinajstić information content (AvgIpc) is 3.85. The van der Waals surface area contributed by atoms with E-state index in [1.165, 1.54) is 100 Å². The van der Waals surface area contributed by atoms with Crippen molar-refractivity contribution >= 4 is 33.3 Å². The van der Waals surface area contributed by atoms with Crippen molar-refractivity contribution in [1.29, 1.82) is 0 Å². The SMILES string of the molecule is C1=C2C(=CC1)N1c3ccccc3-c3c(ccc4c5c(ccc34)C3c4ccccc4C4=CCC=C4N3c3ccccc3-5)C1c1ccccc12. The second-order valence-corrected chi connectivity index (χ2v) is 13.8. The normalized spacial score (nSPS) is 19.9. The molecule has 224 valence electrons. The van der Waals surface area contributed by atoms with Crippen molar-refractivity contribution in [3.05, 3.63) is 190 Å². The van der Waals surface area contributed by atoms with E-state index in [-0.39, 0.29) is 12.1 Å². The summed E-state index contributed by atoms with van der Waals surface area (Å²) < 4.78 is 0. The molecule has 0 saturated carbocycles. The zero-order valence-corrected chi connectivity index (χ0v) is 26.3. The number of fused-ring (bicyclic) bond motifs is 25. The van der Waals surface area contributed by atoms with Gasteiger partial charge in [0.25, 0.3) is 0 Å². The van der Waals surface area contributed by atoms with Gasteiger partial charge in [0, 0.05) is 45.0 Å². The highest BCUT2D eigenvalue weighted by Gasteiger charge is 2.44. The van der Waals surface area contributed by atoms with Crippen LogP contribution in [0.5, 0.6) is 0 Å². The molecule has 0 N–H and O–H groups in total. The zero-order chi connectivity index (χ0) is 31.1. The van der Waals surface area contributed by atoms with Gasteiger partial charge < -0.3 is 9.80 Å². The highest BCUT2D eigenvalue weighted by atomic mass is 15.2. The van der Waals surface area contributed by atoms with Gasteiger partial charge >= 0.3 is 0 Å². The maximum absolute atomic E-state index is 2.62. The Morgan fingerprint density at radius 2 is 0.792 bits per heavy atom. The van der Waals surface area contributed by atoms with E-state index in [2.05, 4.69) is 155 Å². The molecule has 6 aliphatic rings. The van der Waals surface area contributed by atoms with Gasteiger partial charge in [-0.3, -0.25) is 0 Å². The standard InChI is InChI=1S/C46H30N2/c1-3-13-33-27(11-1)29-17-9-21-39(29)47-41-19-7-5-15-35(41)43-31-24-26-38-44(32(31)23-25-37(43)45(33)47)36-16-6-8-20-42(36)48-40-22-10-18-30(40)28-12-2-4-14-34(28)46(38)48/h1-8,11-26,45-46H,9-10H2. The summed E-state index contributed by atoms with van der Waals surface area (Å²) in [5.74, 6) is 0. The van der Waals surface area contributed by atoms with Crippen LogP contribution in [0.25, 0.3) is 44.2 Å². The molecule has 6 aromatic rings. The fourth-order valence-corrected chi connectivity index (χ4v) is 9.91. The molecular formula is C46H30N2. The van der Waals surface area contributed by atoms with Crippen LogP contribution in [-0.4, -0.2) is 0 Å². The first kappa shape index (κ1) is 25.3. The Kier molecular flexibility index (Phi) is 4.70. The van der Waals surface area contributed by atoms with Crippen LogP contribution >= 0.6 is 0 Å². The number of anilines is 2. The molecule has 0 bridgehead atoms. The van der Waals surface area contributed by atoms with Crippen LogP contribution in [0, 0.1) is 0 Å². The van der Waals surface area contributed by atoms with Crippen molar-refractivity contribution in [1.82, 2.24) is 0 Å². The van der Waals surface area contributed by atoms with Gasteiger partial charge in [-0.15, -0.1) is 0 Å². The Hall–Kier alpha value is -5.86. The average molecular weight is 611 g/mol. The second kappa shape index (κ2) is 8.93. The molecule has 2 heteroatoms. The fourth-order valence-electron chi connectivity index (χ4n) is 9.91. The molecule has 6 aromatic carbocycles. The van der Waals surface area contributed by atoms with Crippen molar-refractivity contribution < 1.29 is 0 Å². The Balaban J connectivity index is 1.18. The van der Waals surface area contributed by atoms with Crippen molar-refractivity contribution in [2.45, 2.75) is 24.9 Å². The molecule has 12 rings (SSSR count). The van der Waals surface area contributed by atoms with Crippen LogP contribution in [0.3, 0.4) is 0 Å². The summed E-state index contributed by atoms with van der Waals surface area (Å²) in [5, 5.41) is 2.68. The van der Waals surface area contributed by atoms with Gasteiger partial charge in [0.15, 0.2) is 0 Å². The Bertz CT molecular complexity index is 2410. The summed E-state index contributed by atoms with van der Waals surface area (Å²) in [6.45, 7) is 0. The first-order valence-corrected chi connectivity index (χ1v) is 17.2. The third kappa shape index (κ3) is 2.96. The lowest BCUT2D eigenvalue weighted by Crippen LogP contribution is -2.36. The van der Waals surface area contributed by atoms with E-state index >= 15 is 0 Å². The Morgan fingerprint density at radius 3 is 1.27 bits per heavy atom. The van der Waals surface area contributed by atoms with Gasteiger partial charge in [0.05, 0.1) is 12.1 Å². The minimum atomic E-state index is 0.126. The number of hydrogen-bond donors (Lipinski definition) is 0. The number of rotatable bonds is 0. The molecule has 0 saturated heterocycles. The molecular weight excluding hydrogens is 581 g/mol. The van der Waals surface area contributed by atoms with Gasteiger partial charge in [-0.05, 0) is 80.3 Å². The minimum Gasteiger partial charge on any atom is -0.329 e. The number of allylic oxidation sites excluding steroid dienone is 6. The lowest BCUT2D eigenvalue weighted by Gasteiger charge is -2.47. The lowest BCUT2D eigenvalue weighted by molar-refractivity contribution is 0.769. The quantitative estimate of drug-likeness (QED) is 0.169. The van der Waals surface area contributed by atoms with E-state index in [1.54, 1.807) is 0 Å². The largest absolute Gasteiger partial charge is 0.329 e. The molecule has 2 unspecified atom stereocenters. The van der Waals surface area contributed by atoms with Gasteiger partial charge in [0.2, 0.25) is 0 Å². The predicted octanol–water partition coefficient (Wildman–Crippen LogP) is 11.4. The molecule has 0 amide bonds. The third-order valence-electron chi connectivity index (χ3n) is 11.7. The van der Waals surface area contributed by atoms with Crippen molar-refractivity contribution in [2.75, 3.05) is 9.80 Å². The Morgan fingerprint density at radius 1 is 0.375 bits per heavy atom. The predicted molar refractivity (Wildman–Crippen MR) is 198 cm³/mol. The number of nitrogens with zero attached hydrogens (tertiary/aromatic N) is 2. The van der Waals surface area contributed by atoms with E-state index in [0.29, 0.717) is 0 Å². The maximum atomic E-state index is 2.62. The molecule has 0 aromatic heterocycles. The number of para-hydroxylation sites is 2. The van der Waals surface area contributed by atoms with E-state index < -0.39 is 0 Å². The second-order valence-electron chi connectivity index (χ2n) is 13.8. The highest BCUT2D eigenvalue weighted by Crippen LogP contribution is 2.60. The molecule has 48 heavy (non-hydrogen) atoms. The summed E-state index contributed by atoms with van der Waals surface area (Å²) in [6, 6.07) is 46.4. The third-order valence-corrected chi connectivity index (χ3v) is 11.7. The van der Waals surface area contributed by atoms with E-state index in [0.717, 1.165) is 12.8 Å². The summed E-state index contributed by atoms with van der Waals surface area (Å²) in [7, 11) is 0. The molecule has 4 heterocycles. The maximum Gasteiger partial charge on any atom is 0.0857 e. The summed E-state index contributed by atoms with van der Waals surface area (Å²) >= 11 is 0. The lowest BCUT2D eigenvalue weighted by atomic mass is 9.74. The molecule has 0 spiro atoms. The van der Waals surface area contributed by atoms with E-state index in [4.69, 9.17) is 0 Å². The van der Waals surface area contributed by atoms with Gasteiger partial charge in [-0.25, -0.2) is 0 Å². The van der Waals surface area contributed by atoms with Crippen LogP contribution in [0.4, 0.5) is 11.4 Å². The first-order chi connectivity index (χ1) is 23.9. The van der Waals surface area contributed by atoms with Gasteiger partial charge in [-0.2, -0.15) is 0 Å². The molecule has 2 aliphatic carbocycles. The fraction of sp³-hybridized carbons (Fsp3) is 0.0870. The Labute approximate surface area is 279 Å². The molecule has 0 fully saturated rings. The van der Waals surface area contributed by atoms with Crippen LogP contribution in [0.1, 0.15) is 58.3 Å². The molecule has 2 atom stereocenters. The van der Waals surface area contributed by atoms with E-state index in [9.17, 15) is 0 Å². The van der Waals surface area contributed by atoms with Gasteiger partial charge in [0.1, 0.15) is 0 Å². The summed E-state index contributed by atoms with van der Waals surface area (Å²) in [5.41, 5.74) is 21.7. The number of hydrogen-bond acceptors (Lipinski definition) is 2. The summed E-state index contributed by atoms with van der Waals surface area (Å²) in [4.78, 5) is 5.24. The number of benzene rings is 6. The van der Waals surface area contributed by atoms with Crippen molar-refractivity contribution in [2.24, 2.45) is 0 Å². The first-order valence-electron chi connectivity index (χ1n) is 17.2. The molecule has 2 nitrogen and oxygen atoms in total.